The van der Waals surface area contributed by atoms with E-state index in [0.29, 0.717) is 22.2 Å². The number of aliphatic hydroxyl groups is 1. The quantitative estimate of drug-likeness (QED) is 0.654. The Morgan fingerprint density at radius 3 is 2.70 bits per heavy atom. The summed E-state index contributed by atoms with van der Waals surface area (Å²) in [6, 6.07) is 9.26. The second-order valence-corrected chi connectivity index (χ2v) is 7.28. The van der Waals surface area contributed by atoms with Gasteiger partial charge in [0.05, 0.1) is 12.3 Å². The average molecular weight is 378 g/mol. The number of carbonyl (C=O) groups is 1. The molecule has 2 fully saturated rings. The van der Waals surface area contributed by atoms with Gasteiger partial charge < -0.3 is 14.9 Å². The minimum atomic E-state index is -0.669. The lowest BCUT2D eigenvalue weighted by atomic mass is 9.75. The number of thiocarbonyl (C=S) groups is 1. The standard InChI is InChI=1S/C20H18N4O2S/c1-13-9-16(11-22-17(13)21-2)23-18(26)20(7-4-8-20)24(19(23)27)15-6-3-5-14(10-15)12-25/h3,5-6,9-11,25H,4,7-8,12H2,1H3. The monoisotopic (exact) mass is 378 g/mol. The number of carbonyl (C=O) groups excluding carboxylic acids is 1. The van der Waals surface area contributed by atoms with Crippen LogP contribution in [-0.2, 0) is 11.4 Å². The van der Waals surface area contributed by atoms with Crippen LogP contribution in [0.5, 0.6) is 0 Å². The van der Waals surface area contributed by atoms with E-state index in [1.807, 2.05) is 29.2 Å². The summed E-state index contributed by atoms with van der Waals surface area (Å²) in [6.45, 7) is 8.89. The summed E-state index contributed by atoms with van der Waals surface area (Å²) in [5.74, 6) is 0.270. The van der Waals surface area contributed by atoms with Crippen molar-refractivity contribution in [1.82, 2.24) is 4.98 Å². The fourth-order valence-corrected chi connectivity index (χ4v) is 4.26. The Morgan fingerprint density at radius 1 is 1.33 bits per heavy atom. The van der Waals surface area contributed by atoms with Gasteiger partial charge in [0.15, 0.2) is 5.11 Å². The first-order valence-corrected chi connectivity index (χ1v) is 9.15. The fraction of sp³-hybridized carbons (Fsp3) is 0.300. The van der Waals surface area contributed by atoms with Crippen molar-refractivity contribution in [3.63, 3.8) is 0 Å². The molecule has 2 aliphatic rings. The van der Waals surface area contributed by atoms with Crippen LogP contribution in [0.1, 0.15) is 30.4 Å². The number of nitrogens with zero attached hydrogens (tertiary/aromatic N) is 4. The molecule has 2 heterocycles. The highest BCUT2D eigenvalue weighted by Gasteiger charge is 2.59. The van der Waals surface area contributed by atoms with E-state index < -0.39 is 5.54 Å². The van der Waals surface area contributed by atoms with Gasteiger partial charge in [-0.25, -0.2) is 0 Å². The SMILES string of the molecule is [C-]#[N+]c1ncc(N2C(=O)C3(CCC3)N(c3cccc(CO)c3)C2=S)cc1C. The Labute approximate surface area is 162 Å². The minimum Gasteiger partial charge on any atom is -0.392 e. The van der Waals surface area contributed by atoms with Crippen LogP contribution in [0.15, 0.2) is 36.5 Å². The number of benzene rings is 1. The molecule has 0 atom stereocenters. The number of pyridine rings is 1. The van der Waals surface area contributed by atoms with E-state index in [1.165, 1.54) is 11.1 Å². The maximum Gasteiger partial charge on any atom is 0.272 e. The number of amides is 1. The summed E-state index contributed by atoms with van der Waals surface area (Å²) in [4.78, 5) is 24.4. The van der Waals surface area contributed by atoms with Crippen molar-refractivity contribution in [3.05, 3.63) is 59.1 Å². The van der Waals surface area contributed by atoms with Crippen molar-refractivity contribution in [2.75, 3.05) is 9.80 Å². The normalized spacial score (nSPS) is 18.0. The Morgan fingerprint density at radius 2 is 2.11 bits per heavy atom. The molecule has 4 rings (SSSR count). The fourth-order valence-electron chi connectivity index (χ4n) is 3.79. The predicted molar refractivity (Wildman–Crippen MR) is 107 cm³/mol. The van der Waals surface area contributed by atoms with Crippen LogP contribution in [0, 0.1) is 13.5 Å². The molecule has 1 aliphatic heterocycles. The molecule has 1 saturated heterocycles. The first-order valence-electron chi connectivity index (χ1n) is 8.74. The average Bonchev–Trinajstić information content (AvgIpc) is 2.88. The molecule has 136 valence electrons. The zero-order valence-electron chi connectivity index (χ0n) is 14.8. The van der Waals surface area contributed by atoms with Crippen molar-refractivity contribution in [1.29, 1.82) is 0 Å². The van der Waals surface area contributed by atoms with Crippen LogP contribution in [0.2, 0.25) is 0 Å². The van der Waals surface area contributed by atoms with Crippen LogP contribution >= 0.6 is 12.2 Å². The van der Waals surface area contributed by atoms with Crippen molar-refractivity contribution in [2.24, 2.45) is 0 Å². The summed E-state index contributed by atoms with van der Waals surface area (Å²) >= 11 is 5.72. The second-order valence-electron chi connectivity index (χ2n) is 6.92. The van der Waals surface area contributed by atoms with Crippen LogP contribution in [0.3, 0.4) is 0 Å². The maximum absolute atomic E-state index is 13.4. The Balaban J connectivity index is 1.80. The predicted octanol–water partition coefficient (Wildman–Crippen LogP) is 3.49. The molecule has 1 aliphatic carbocycles. The van der Waals surface area contributed by atoms with Gasteiger partial charge in [-0.2, -0.15) is 0 Å². The van der Waals surface area contributed by atoms with Crippen molar-refractivity contribution in [3.8, 4) is 0 Å². The zero-order chi connectivity index (χ0) is 19.2. The molecule has 6 nitrogen and oxygen atoms in total. The van der Waals surface area contributed by atoms with Crippen molar-refractivity contribution < 1.29 is 9.90 Å². The molecule has 1 aromatic heterocycles. The number of aryl methyl sites for hydroxylation is 1. The molecule has 1 N–H and O–H groups in total. The summed E-state index contributed by atoms with van der Waals surface area (Å²) in [6.07, 6.45) is 3.97. The first-order chi connectivity index (χ1) is 13.0. The van der Waals surface area contributed by atoms with Gasteiger partial charge in [-0.1, -0.05) is 18.7 Å². The van der Waals surface area contributed by atoms with Crippen LogP contribution in [-0.4, -0.2) is 26.6 Å². The summed E-state index contributed by atoms with van der Waals surface area (Å²) in [7, 11) is 0. The minimum absolute atomic E-state index is 0.0510. The molecular formula is C20H18N4O2S. The molecule has 1 aromatic carbocycles. The Kier molecular flexibility index (Phi) is 4.17. The number of hydrogen-bond acceptors (Lipinski definition) is 4. The highest BCUT2D eigenvalue weighted by molar-refractivity contribution is 7.81. The van der Waals surface area contributed by atoms with Gasteiger partial charge >= 0.3 is 0 Å². The highest BCUT2D eigenvalue weighted by Crippen LogP contribution is 2.48. The number of rotatable bonds is 3. The third kappa shape index (κ3) is 2.52. The lowest BCUT2D eigenvalue weighted by molar-refractivity contribution is -0.123. The second kappa shape index (κ2) is 6.41. The summed E-state index contributed by atoms with van der Waals surface area (Å²) in [5, 5.41) is 9.88. The zero-order valence-corrected chi connectivity index (χ0v) is 15.7. The molecule has 1 spiro atoms. The number of aromatic nitrogens is 1. The highest BCUT2D eigenvalue weighted by atomic mass is 32.1. The van der Waals surface area contributed by atoms with Crippen LogP contribution in [0.25, 0.3) is 4.85 Å². The van der Waals surface area contributed by atoms with Gasteiger partial charge in [0.2, 0.25) is 0 Å². The van der Waals surface area contributed by atoms with Crippen molar-refractivity contribution in [2.45, 2.75) is 38.3 Å². The topological polar surface area (TPSA) is 61.0 Å². The molecule has 7 heteroatoms. The molecule has 0 radical (unpaired) electrons. The molecule has 27 heavy (non-hydrogen) atoms. The van der Waals surface area contributed by atoms with E-state index in [0.717, 1.165) is 30.5 Å². The summed E-state index contributed by atoms with van der Waals surface area (Å²) in [5.41, 5.74) is 2.21. The van der Waals surface area contributed by atoms with Crippen LogP contribution in [0.4, 0.5) is 17.2 Å². The van der Waals surface area contributed by atoms with E-state index in [9.17, 15) is 9.90 Å². The van der Waals surface area contributed by atoms with Gasteiger partial charge in [-0.05, 0) is 67.7 Å². The van der Waals surface area contributed by atoms with Gasteiger partial charge in [-0.3, -0.25) is 9.69 Å². The van der Waals surface area contributed by atoms with E-state index >= 15 is 0 Å². The smallest absolute Gasteiger partial charge is 0.272 e. The van der Waals surface area contributed by atoms with Gasteiger partial charge in [0.25, 0.3) is 11.7 Å². The summed E-state index contributed by atoms with van der Waals surface area (Å²) < 4.78 is 0. The van der Waals surface area contributed by atoms with Gasteiger partial charge in [0, 0.05) is 5.69 Å². The molecule has 2 aromatic rings. The first kappa shape index (κ1) is 17.6. The van der Waals surface area contributed by atoms with Gasteiger partial charge in [0.1, 0.15) is 11.7 Å². The van der Waals surface area contributed by atoms with E-state index in [4.69, 9.17) is 18.8 Å². The molecule has 1 amide bonds. The Hall–Kier alpha value is -2.82. The van der Waals surface area contributed by atoms with Gasteiger partial charge in [-0.15, -0.1) is 4.98 Å². The largest absolute Gasteiger partial charge is 0.392 e. The van der Waals surface area contributed by atoms with E-state index in [1.54, 1.807) is 13.0 Å². The molecular weight excluding hydrogens is 360 g/mol. The lowest BCUT2D eigenvalue weighted by Gasteiger charge is -2.43. The van der Waals surface area contributed by atoms with Crippen molar-refractivity contribution >= 4 is 40.4 Å². The number of hydrogen-bond donors (Lipinski definition) is 1. The third-order valence-electron chi connectivity index (χ3n) is 5.34. The maximum atomic E-state index is 13.4. The number of anilines is 2. The molecule has 1 saturated carbocycles. The number of aliphatic hydroxyl groups excluding tert-OH is 1. The molecule has 0 unspecified atom stereocenters. The Bertz CT molecular complexity index is 994. The third-order valence-corrected chi connectivity index (χ3v) is 5.71. The van der Waals surface area contributed by atoms with E-state index in [2.05, 4.69) is 9.83 Å². The van der Waals surface area contributed by atoms with Crippen LogP contribution < -0.4 is 9.80 Å². The molecule has 0 bridgehead atoms. The lowest BCUT2D eigenvalue weighted by Crippen LogP contribution is -2.55. The van der Waals surface area contributed by atoms with E-state index in [-0.39, 0.29) is 12.5 Å².